The van der Waals surface area contributed by atoms with Gasteiger partial charge in [-0.1, -0.05) is 36.7 Å². The number of halogens is 23. The van der Waals surface area contributed by atoms with E-state index in [0.717, 1.165) is 6.07 Å². The summed E-state index contributed by atoms with van der Waals surface area (Å²) in [5.41, 5.74) is -3.15. The van der Waals surface area contributed by atoms with Gasteiger partial charge in [0.05, 0.1) is 32.5 Å². The third-order valence-corrected chi connectivity index (χ3v) is 6.55. The maximum Gasteiger partial charge on any atom is 0.441 e. The molecule has 0 spiro atoms. The number of alkyl halides is 21. The van der Waals surface area contributed by atoms with Gasteiger partial charge in [0.2, 0.25) is 0 Å². The van der Waals surface area contributed by atoms with Gasteiger partial charge in [-0.25, -0.2) is 8.78 Å². The second-order valence-electron chi connectivity index (χ2n) is 7.84. The highest BCUT2D eigenvalue weighted by Crippen LogP contribution is 2.55. The van der Waals surface area contributed by atoms with Crippen molar-refractivity contribution < 1.29 is 98.3 Å². The van der Waals surface area contributed by atoms with Crippen LogP contribution in [0.1, 0.15) is 24.1 Å². The fraction of sp³-hybridized carbons (Fsp3) is 0.429. The number of nitrogen functional groups attached to an aromatic ring is 2. The molecule has 6 N–H and O–H groups in total. The molecule has 2 rings (SSSR count). The van der Waals surface area contributed by atoms with Crippen LogP contribution in [0.15, 0.2) is 30.3 Å². The van der Waals surface area contributed by atoms with Crippen LogP contribution >= 0.6 is 45.8 Å². The van der Waals surface area contributed by atoms with Crippen LogP contribution in [0.2, 0.25) is 10.0 Å². The largest absolute Gasteiger partial charge is 0.441 e. The fourth-order valence-electron chi connectivity index (χ4n) is 2.48. The van der Waals surface area contributed by atoms with Crippen LogP contribution in [0.5, 0.6) is 0 Å². The van der Waals surface area contributed by atoms with Crippen LogP contribution in [0.25, 0.3) is 0 Å². The van der Waals surface area contributed by atoms with Crippen LogP contribution in [0.3, 0.4) is 0 Å². The summed E-state index contributed by atoms with van der Waals surface area (Å²) in [5, 5.41) is 10.6. The first-order valence-electron chi connectivity index (χ1n) is 10.3. The number of para-hydroxylation sites is 1. The van der Waals surface area contributed by atoms with Crippen molar-refractivity contribution >= 4 is 57.2 Å². The Labute approximate surface area is 277 Å². The van der Waals surface area contributed by atoms with Gasteiger partial charge in [0.25, 0.3) is 0 Å². The highest BCUT2D eigenvalue weighted by molar-refractivity contribution is 14.1. The Bertz CT molecular complexity index is 1290. The molecule has 0 saturated heterocycles. The summed E-state index contributed by atoms with van der Waals surface area (Å²) in [7, 11) is 0. The molecule has 48 heavy (non-hydrogen) atoms. The second kappa shape index (κ2) is 16.7. The van der Waals surface area contributed by atoms with Gasteiger partial charge in [-0.15, -0.1) is 0 Å². The van der Waals surface area contributed by atoms with Gasteiger partial charge in [-0.3, -0.25) is 10.5 Å². The second-order valence-corrected chi connectivity index (χ2v) is 10.1. The van der Waals surface area contributed by atoms with E-state index in [-0.39, 0.29) is 41.1 Å². The van der Waals surface area contributed by atoms with Gasteiger partial charge >= 0.3 is 46.4 Å². The predicted molar refractivity (Wildman–Crippen MR) is 139 cm³/mol. The van der Waals surface area contributed by atoms with E-state index in [4.69, 9.17) is 45.2 Å². The summed E-state index contributed by atoms with van der Waals surface area (Å²) in [6.07, 6.45) is -34.8. The molecule has 0 aliphatic rings. The molecule has 0 unspecified atom stereocenters. The van der Waals surface area contributed by atoms with Gasteiger partial charge in [-0.2, -0.15) is 79.0 Å². The Morgan fingerprint density at radius 3 is 1.10 bits per heavy atom. The fourth-order valence-corrected chi connectivity index (χ4v) is 2.88. The van der Waals surface area contributed by atoms with Gasteiger partial charge in [0.1, 0.15) is 0 Å². The molecule has 0 heterocycles. The molecular weight excluding hydrogens is 890 g/mol. The maximum atomic E-state index is 13.7. The van der Waals surface area contributed by atoms with Crippen molar-refractivity contribution in [3.05, 3.63) is 57.1 Å². The minimum absolute atomic E-state index is 0. The molecule has 2 aromatic carbocycles. The Morgan fingerprint density at radius 2 is 0.854 bits per heavy atom. The molecule has 2 aromatic rings. The molecule has 0 radical (unpaired) electrons. The van der Waals surface area contributed by atoms with E-state index in [1.807, 2.05) is 0 Å². The molecule has 0 aliphatic carbocycles. The van der Waals surface area contributed by atoms with E-state index in [1.165, 1.54) is 12.1 Å². The molecule has 0 aliphatic heterocycles. The standard InChI is InChI=1S/C10H4ClF10N.C7H5ClF3N.C3F7I.CH4.H2O2/c11-5-2-3(1-4(6(5)22)8(13,14)15)7(12,9(16,17)18)10(19,20)21;8-5-3-1-2-4(6(5)12)7(9,10)11;4-1(11,2(5,6)7)3(8,9)10;;1-2/h1-2H,22H2;1-3H,12H2;;1H4;1-2H. The number of hydrogen-bond acceptors (Lipinski definition) is 4. The summed E-state index contributed by atoms with van der Waals surface area (Å²) < 4.78 is 237. The molecular formula is C21H15Cl2F20IN2O2. The topological polar surface area (TPSA) is 92.5 Å². The Morgan fingerprint density at radius 1 is 0.521 bits per heavy atom. The predicted octanol–water partition coefficient (Wildman–Crippen LogP) is 12.0. The third kappa shape index (κ3) is 12.0. The average molecular weight is 905 g/mol. The molecule has 0 atom stereocenters. The lowest BCUT2D eigenvalue weighted by Crippen LogP contribution is -2.50. The monoisotopic (exact) mass is 904 g/mol. The van der Waals surface area contributed by atoms with Gasteiger partial charge in [-0.05, 0) is 46.9 Å². The van der Waals surface area contributed by atoms with Crippen molar-refractivity contribution in [1.29, 1.82) is 0 Å². The zero-order chi connectivity index (χ0) is 38.6. The van der Waals surface area contributed by atoms with Crippen LogP contribution < -0.4 is 11.5 Å². The van der Waals surface area contributed by atoms with Gasteiger partial charge < -0.3 is 11.5 Å². The summed E-state index contributed by atoms with van der Waals surface area (Å²) in [4.78, 5) is 0. The molecule has 282 valence electrons. The first kappa shape index (κ1) is 50.2. The number of benzene rings is 2. The van der Waals surface area contributed by atoms with E-state index in [2.05, 4.69) is 0 Å². The van der Waals surface area contributed by atoms with Crippen LogP contribution in [-0.4, -0.2) is 38.9 Å². The summed E-state index contributed by atoms with van der Waals surface area (Å²) in [6.45, 7) is 0. The minimum Gasteiger partial charge on any atom is -0.397 e. The average Bonchev–Trinajstić information content (AvgIpc) is 2.84. The molecule has 0 aromatic heterocycles. The van der Waals surface area contributed by atoms with Crippen molar-refractivity contribution in [2.45, 2.75) is 53.8 Å². The van der Waals surface area contributed by atoms with E-state index in [9.17, 15) is 87.8 Å². The molecule has 27 heteroatoms. The normalized spacial score (nSPS) is 13.1. The smallest absolute Gasteiger partial charge is 0.397 e. The number of rotatable bonds is 1. The van der Waals surface area contributed by atoms with E-state index in [1.54, 1.807) is 0 Å². The first-order valence-corrected chi connectivity index (χ1v) is 12.1. The van der Waals surface area contributed by atoms with Crippen LogP contribution in [0, 0.1) is 0 Å². The van der Waals surface area contributed by atoms with E-state index >= 15 is 0 Å². The zero-order valence-corrected chi connectivity index (χ0v) is 24.8. The van der Waals surface area contributed by atoms with Crippen LogP contribution in [0.4, 0.5) is 99.2 Å². The summed E-state index contributed by atoms with van der Waals surface area (Å²) >= 11 is 10.2. The van der Waals surface area contributed by atoms with Gasteiger partial charge in [0.15, 0.2) is 0 Å². The quantitative estimate of drug-likeness (QED) is 0.0573. The van der Waals surface area contributed by atoms with Crippen molar-refractivity contribution in [1.82, 2.24) is 0 Å². The lowest BCUT2D eigenvalue weighted by molar-refractivity contribution is -0.348. The Hall–Kier alpha value is -2.13. The van der Waals surface area contributed by atoms with Crippen molar-refractivity contribution in [3.63, 3.8) is 0 Å². The van der Waals surface area contributed by atoms with Gasteiger partial charge in [0, 0.05) is 5.56 Å². The highest BCUT2D eigenvalue weighted by atomic mass is 127. The SMILES string of the molecule is C.FC(F)(F)C(F)(I)C(F)(F)F.Nc1c(Cl)cc(C(F)(C(F)(F)F)C(F)(F)F)cc1C(F)(F)F.Nc1c(Cl)cccc1C(F)(F)F.OO. The Kier molecular flexibility index (Phi) is 17.5. The number of anilines is 2. The lowest BCUT2D eigenvalue weighted by atomic mass is 9.92. The summed E-state index contributed by atoms with van der Waals surface area (Å²) in [5.74, 6) is 0. The van der Waals surface area contributed by atoms with Crippen molar-refractivity contribution in [2.24, 2.45) is 0 Å². The zero-order valence-electron chi connectivity index (χ0n) is 21.1. The molecule has 0 fully saturated rings. The van der Waals surface area contributed by atoms with Crippen molar-refractivity contribution in [2.75, 3.05) is 11.5 Å². The summed E-state index contributed by atoms with van der Waals surface area (Å²) in [6, 6.07) is 2.50. The van der Waals surface area contributed by atoms with Crippen LogP contribution in [-0.2, 0) is 18.0 Å². The van der Waals surface area contributed by atoms with E-state index < -0.39 is 85.6 Å². The molecule has 4 nitrogen and oxygen atoms in total. The highest BCUT2D eigenvalue weighted by Gasteiger charge is 2.74. The first-order chi connectivity index (χ1) is 20.5. The maximum absolute atomic E-state index is 13.7. The Balaban J connectivity index is -0.000000662. The molecule has 0 bridgehead atoms. The molecule has 0 amide bonds. The molecule has 0 saturated carbocycles. The lowest BCUT2D eigenvalue weighted by Gasteiger charge is -2.31. The van der Waals surface area contributed by atoms with E-state index in [0.29, 0.717) is 0 Å². The third-order valence-electron chi connectivity index (χ3n) is 4.68. The number of hydrogen-bond donors (Lipinski definition) is 4. The van der Waals surface area contributed by atoms with Crippen molar-refractivity contribution in [3.8, 4) is 0 Å². The minimum atomic E-state index is -6.56. The number of nitrogens with two attached hydrogens (primary N) is 2.